The Morgan fingerprint density at radius 1 is 1.07 bits per heavy atom. The third-order valence-electron chi connectivity index (χ3n) is 5.48. The van der Waals surface area contributed by atoms with Crippen LogP contribution in [-0.4, -0.2) is 46.2 Å². The quantitative estimate of drug-likeness (QED) is 0.793. The third-order valence-corrected chi connectivity index (χ3v) is 6.56. The summed E-state index contributed by atoms with van der Waals surface area (Å²) in [7, 11) is 0. The van der Waals surface area contributed by atoms with Crippen LogP contribution >= 0.6 is 11.3 Å². The maximum atomic E-state index is 13.0. The maximum Gasteiger partial charge on any atom is 0.317 e. The second kappa shape index (κ2) is 8.86. The number of rotatable bonds is 4. The van der Waals surface area contributed by atoms with E-state index >= 15 is 0 Å². The molecule has 7 nitrogen and oxygen atoms in total. The zero-order valence-corrected chi connectivity index (χ0v) is 16.9. The van der Waals surface area contributed by atoms with Crippen LogP contribution in [0.4, 0.5) is 14.9 Å². The molecular weight excluding hydrogens is 393 g/mol. The van der Waals surface area contributed by atoms with E-state index in [-0.39, 0.29) is 28.7 Å². The summed E-state index contributed by atoms with van der Waals surface area (Å²) in [6, 6.07) is 5.86. The number of anilines is 1. The summed E-state index contributed by atoms with van der Waals surface area (Å²) >= 11 is 1.25. The summed E-state index contributed by atoms with van der Waals surface area (Å²) in [4.78, 5) is 26.8. The number of urea groups is 1. The highest BCUT2D eigenvalue weighted by Crippen LogP contribution is 2.29. The minimum absolute atomic E-state index is 0.000363. The molecule has 0 spiro atoms. The second-order valence-corrected chi connectivity index (χ2v) is 8.63. The molecule has 1 atom stereocenters. The van der Waals surface area contributed by atoms with Gasteiger partial charge >= 0.3 is 6.03 Å². The van der Waals surface area contributed by atoms with E-state index in [0.29, 0.717) is 18.3 Å². The molecule has 2 N–H and O–H groups in total. The molecule has 2 aromatic rings. The van der Waals surface area contributed by atoms with Crippen molar-refractivity contribution in [1.82, 2.24) is 20.4 Å². The van der Waals surface area contributed by atoms with E-state index in [4.69, 9.17) is 0 Å². The van der Waals surface area contributed by atoms with Gasteiger partial charge in [0.05, 0.1) is 0 Å². The Morgan fingerprint density at radius 2 is 1.83 bits per heavy atom. The van der Waals surface area contributed by atoms with Crippen molar-refractivity contribution in [2.75, 3.05) is 18.4 Å². The van der Waals surface area contributed by atoms with E-state index in [9.17, 15) is 14.0 Å². The fourth-order valence-electron chi connectivity index (χ4n) is 3.91. The zero-order chi connectivity index (χ0) is 20.2. The molecule has 1 aliphatic carbocycles. The Labute approximate surface area is 172 Å². The van der Waals surface area contributed by atoms with Crippen LogP contribution < -0.4 is 10.6 Å². The van der Waals surface area contributed by atoms with Crippen molar-refractivity contribution < 1.29 is 14.0 Å². The van der Waals surface area contributed by atoms with Gasteiger partial charge < -0.3 is 15.5 Å². The number of hydrogen-bond donors (Lipinski definition) is 2. The molecule has 2 aliphatic rings. The van der Waals surface area contributed by atoms with Crippen LogP contribution in [0.5, 0.6) is 0 Å². The fourth-order valence-corrected chi connectivity index (χ4v) is 4.77. The zero-order valence-electron chi connectivity index (χ0n) is 16.1. The average Bonchev–Trinajstić information content (AvgIpc) is 3.42. The minimum atomic E-state index is -0.369. The highest BCUT2D eigenvalue weighted by atomic mass is 32.1. The van der Waals surface area contributed by atoms with Crippen molar-refractivity contribution in [3.8, 4) is 0 Å². The summed E-state index contributed by atoms with van der Waals surface area (Å²) in [5.74, 6) is -0.644. The van der Waals surface area contributed by atoms with Crippen molar-refractivity contribution in [2.24, 2.45) is 0 Å². The number of carbonyl (C=O) groups excluding carboxylic acids is 2. The molecule has 1 aromatic heterocycles. The number of nitrogens with zero attached hydrogens (tertiary/aromatic N) is 3. The van der Waals surface area contributed by atoms with E-state index in [1.54, 1.807) is 0 Å². The Morgan fingerprint density at radius 3 is 2.59 bits per heavy atom. The number of benzene rings is 1. The average molecular weight is 418 g/mol. The molecule has 0 bridgehead atoms. The molecule has 9 heteroatoms. The first kappa shape index (κ1) is 19.8. The van der Waals surface area contributed by atoms with Gasteiger partial charge in [0.1, 0.15) is 10.8 Å². The van der Waals surface area contributed by atoms with Gasteiger partial charge in [-0.2, -0.15) is 0 Å². The van der Waals surface area contributed by atoms with Crippen LogP contribution in [0.3, 0.4) is 0 Å². The second-order valence-electron chi connectivity index (χ2n) is 7.62. The number of likely N-dealkylation sites (tertiary alicyclic amines) is 1. The van der Waals surface area contributed by atoms with E-state index < -0.39 is 0 Å². The normalized spacial score (nSPS) is 19.9. The summed E-state index contributed by atoms with van der Waals surface area (Å²) in [6.45, 7) is 1.33. The fraction of sp³-hybridized carbons (Fsp3) is 0.500. The van der Waals surface area contributed by atoms with Crippen LogP contribution in [0.25, 0.3) is 0 Å². The van der Waals surface area contributed by atoms with E-state index in [1.807, 2.05) is 4.90 Å². The summed E-state index contributed by atoms with van der Waals surface area (Å²) in [5.41, 5.74) is 0.501. The molecule has 1 saturated carbocycles. The van der Waals surface area contributed by atoms with Gasteiger partial charge in [0, 0.05) is 30.7 Å². The third kappa shape index (κ3) is 4.90. The molecule has 4 rings (SSSR count). The molecule has 2 fully saturated rings. The van der Waals surface area contributed by atoms with Crippen LogP contribution in [0.2, 0.25) is 0 Å². The van der Waals surface area contributed by atoms with E-state index in [1.165, 1.54) is 48.4 Å². The number of amides is 3. The van der Waals surface area contributed by atoms with Crippen molar-refractivity contribution in [2.45, 2.75) is 50.5 Å². The van der Waals surface area contributed by atoms with Crippen LogP contribution in [0, 0.1) is 5.82 Å². The monoisotopic (exact) mass is 417 g/mol. The number of nitrogens with one attached hydrogen (secondary N) is 2. The molecule has 1 aromatic carbocycles. The minimum Gasteiger partial charge on any atom is -0.335 e. The molecule has 2 heterocycles. The van der Waals surface area contributed by atoms with Crippen molar-refractivity contribution in [3.05, 3.63) is 40.1 Å². The first-order valence-electron chi connectivity index (χ1n) is 10.0. The van der Waals surface area contributed by atoms with E-state index in [0.717, 1.165) is 37.2 Å². The van der Waals surface area contributed by atoms with E-state index in [2.05, 4.69) is 20.8 Å². The highest BCUT2D eigenvalue weighted by molar-refractivity contribution is 7.13. The molecule has 3 amide bonds. The maximum absolute atomic E-state index is 13.0. The lowest BCUT2D eigenvalue weighted by Gasteiger charge is -2.32. The lowest BCUT2D eigenvalue weighted by atomic mass is 9.99. The van der Waals surface area contributed by atoms with Crippen LogP contribution in [0.1, 0.15) is 59.3 Å². The number of piperidine rings is 1. The van der Waals surface area contributed by atoms with Gasteiger partial charge in [0.15, 0.2) is 0 Å². The largest absolute Gasteiger partial charge is 0.335 e. The molecule has 1 aliphatic heterocycles. The SMILES string of the molecule is O=C(Nc1ccc(F)cc1)c1nnc(C2CCCN(C(=O)NC3CCCC3)C2)s1. The van der Waals surface area contributed by atoms with Gasteiger partial charge in [-0.05, 0) is 49.9 Å². The number of hydrogen-bond acceptors (Lipinski definition) is 5. The Hall–Kier alpha value is -2.55. The van der Waals surface area contributed by atoms with Gasteiger partial charge in [0.25, 0.3) is 5.91 Å². The first-order valence-corrected chi connectivity index (χ1v) is 10.9. The standard InChI is InChI=1S/C20H24FN5O2S/c21-14-7-9-16(10-8-14)22-17(27)19-25-24-18(29-19)13-4-3-11-26(12-13)20(28)23-15-5-1-2-6-15/h7-10,13,15H,1-6,11-12H2,(H,22,27)(H,23,28). The number of aromatic nitrogens is 2. The van der Waals surface area contributed by atoms with Gasteiger partial charge in [-0.25, -0.2) is 9.18 Å². The van der Waals surface area contributed by atoms with Gasteiger partial charge in [0.2, 0.25) is 5.01 Å². The Kier molecular flexibility index (Phi) is 6.03. The van der Waals surface area contributed by atoms with Crippen molar-refractivity contribution >= 4 is 29.0 Å². The predicted octanol–water partition coefficient (Wildman–Crippen LogP) is 3.76. The van der Waals surface area contributed by atoms with Gasteiger partial charge in [-0.15, -0.1) is 10.2 Å². The molecule has 154 valence electrons. The topological polar surface area (TPSA) is 87.2 Å². The number of halogens is 1. The van der Waals surface area contributed by atoms with Crippen LogP contribution in [-0.2, 0) is 0 Å². The lowest BCUT2D eigenvalue weighted by molar-refractivity contribution is 0.102. The Balaban J connectivity index is 1.36. The van der Waals surface area contributed by atoms with Crippen molar-refractivity contribution in [3.63, 3.8) is 0 Å². The molecule has 29 heavy (non-hydrogen) atoms. The molecule has 1 unspecified atom stereocenters. The van der Waals surface area contributed by atoms with Gasteiger partial charge in [-0.3, -0.25) is 4.79 Å². The lowest BCUT2D eigenvalue weighted by Crippen LogP contribution is -2.47. The Bertz CT molecular complexity index is 866. The first-order chi connectivity index (χ1) is 14.1. The summed E-state index contributed by atoms with van der Waals surface area (Å²) in [5, 5.41) is 15.1. The molecule has 0 radical (unpaired) electrons. The molecular formula is C20H24FN5O2S. The van der Waals surface area contributed by atoms with Crippen LogP contribution in [0.15, 0.2) is 24.3 Å². The number of carbonyl (C=O) groups is 2. The predicted molar refractivity (Wildman–Crippen MR) is 109 cm³/mol. The smallest absolute Gasteiger partial charge is 0.317 e. The van der Waals surface area contributed by atoms with Gasteiger partial charge in [-0.1, -0.05) is 24.2 Å². The molecule has 1 saturated heterocycles. The highest BCUT2D eigenvalue weighted by Gasteiger charge is 2.29. The van der Waals surface area contributed by atoms with Crippen molar-refractivity contribution in [1.29, 1.82) is 0 Å². The summed E-state index contributed by atoms with van der Waals surface area (Å²) < 4.78 is 13.0. The summed E-state index contributed by atoms with van der Waals surface area (Å²) in [6.07, 6.45) is 6.31.